The molecule has 0 spiro atoms. The van der Waals surface area contributed by atoms with Gasteiger partial charge in [0.25, 0.3) is 6.43 Å². The smallest absolute Gasteiger partial charge is 0.296 e. The maximum atomic E-state index is 14.1. The van der Waals surface area contributed by atoms with Gasteiger partial charge < -0.3 is 19.7 Å². The molecule has 1 aliphatic heterocycles. The first-order chi connectivity index (χ1) is 17.6. The van der Waals surface area contributed by atoms with Gasteiger partial charge in [-0.25, -0.2) is 13.8 Å². The number of hydrogen-bond donors (Lipinski definition) is 1. The minimum absolute atomic E-state index is 0.0206. The number of hydrogen-bond acceptors (Lipinski definition) is 8. The van der Waals surface area contributed by atoms with Gasteiger partial charge in [-0.2, -0.15) is 15.0 Å². The van der Waals surface area contributed by atoms with Crippen LogP contribution in [0, 0.1) is 0 Å². The van der Waals surface area contributed by atoms with Crippen LogP contribution in [0.15, 0.2) is 42.5 Å². The number of rotatable bonds is 6. The van der Waals surface area contributed by atoms with Gasteiger partial charge in [0.1, 0.15) is 5.75 Å². The lowest BCUT2D eigenvalue weighted by Crippen LogP contribution is -2.37. The molecule has 1 unspecified atom stereocenters. The molecule has 1 N–H and O–H groups in total. The highest BCUT2D eigenvalue weighted by molar-refractivity contribution is 5.77. The van der Waals surface area contributed by atoms with Gasteiger partial charge in [-0.05, 0) is 48.2 Å². The quantitative estimate of drug-likeness (QED) is 0.430. The van der Waals surface area contributed by atoms with Gasteiger partial charge in [0, 0.05) is 13.1 Å². The molecule has 2 aromatic heterocycles. The van der Waals surface area contributed by atoms with Crippen LogP contribution >= 0.6 is 0 Å². The van der Waals surface area contributed by atoms with E-state index in [1.165, 1.54) is 10.1 Å². The number of fused-ring (bicyclic) bond motifs is 2. The topological polar surface area (TPSA) is 90.2 Å². The predicted molar refractivity (Wildman–Crippen MR) is 130 cm³/mol. The summed E-state index contributed by atoms with van der Waals surface area (Å²) in [5.41, 5.74) is 3.31. The molecule has 0 amide bonds. The molecule has 36 heavy (non-hydrogen) atoms. The van der Waals surface area contributed by atoms with Crippen molar-refractivity contribution in [1.82, 2.24) is 24.5 Å². The Hall–Kier alpha value is -3.86. The number of para-hydroxylation sites is 2. The zero-order valence-electron chi connectivity index (χ0n) is 19.7. The molecule has 0 saturated carbocycles. The molecule has 1 atom stereocenters. The van der Waals surface area contributed by atoms with Crippen LogP contribution in [-0.4, -0.2) is 57.9 Å². The number of morpholine rings is 1. The summed E-state index contributed by atoms with van der Waals surface area (Å²) in [4.78, 5) is 20.0. The lowest BCUT2D eigenvalue weighted by atomic mass is 10.1. The molecule has 3 heterocycles. The third-order valence-electron chi connectivity index (χ3n) is 6.62. The monoisotopic (exact) mass is 493 g/mol. The lowest BCUT2D eigenvalue weighted by molar-refractivity contribution is 0.122. The molecular weight excluding hydrogens is 468 g/mol. The second-order valence-electron chi connectivity index (χ2n) is 8.75. The highest BCUT2D eigenvalue weighted by atomic mass is 19.3. The summed E-state index contributed by atoms with van der Waals surface area (Å²) in [6.07, 6.45) is -1.05. The van der Waals surface area contributed by atoms with Crippen LogP contribution in [-0.2, 0) is 11.2 Å². The van der Waals surface area contributed by atoms with Crippen molar-refractivity contribution in [3.8, 4) is 11.7 Å². The molecule has 0 bridgehead atoms. The van der Waals surface area contributed by atoms with E-state index >= 15 is 0 Å². The molecule has 0 radical (unpaired) electrons. The van der Waals surface area contributed by atoms with Crippen molar-refractivity contribution in [3.63, 3.8) is 0 Å². The molecule has 2 aliphatic rings. The second-order valence-corrected chi connectivity index (χ2v) is 8.75. The number of aromatic nitrogens is 5. The number of nitrogens with zero attached hydrogens (tertiary/aromatic N) is 6. The van der Waals surface area contributed by atoms with Crippen molar-refractivity contribution in [3.05, 3.63) is 59.4 Å². The normalized spacial score (nSPS) is 17.6. The third-order valence-corrected chi connectivity index (χ3v) is 6.62. The van der Waals surface area contributed by atoms with E-state index in [0.717, 1.165) is 24.2 Å². The minimum atomic E-state index is -2.80. The molecule has 2 aromatic carbocycles. The first-order valence-electron chi connectivity index (χ1n) is 11.9. The van der Waals surface area contributed by atoms with E-state index in [9.17, 15) is 8.78 Å². The molecule has 1 aliphatic carbocycles. The Labute approximate surface area is 206 Å². The molecule has 1 fully saturated rings. The Morgan fingerprint density at radius 3 is 2.64 bits per heavy atom. The first kappa shape index (κ1) is 22.6. The highest BCUT2D eigenvalue weighted by Crippen LogP contribution is 2.36. The van der Waals surface area contributed by atoms with Gasteiger partial charge in [-0.15, -0.1) is 0 Å². The summed E-state index contributed by atoms with van der Waals surface area (Å²) >= 11 is 0. The Morgan fingerprint density at radius 2 is 1.83 bits per heavy atom. The van der Waals surface area contributed by atoms with Crippen molar-refractivity contribution in [2.24, 2.45) is 0 Å². The Bertz CT molecular complexity index is 1400. The molecule has 4 aromatic rings. The van der Waals surface area contributed by atoms with Crippen molar-refractivity contribution in [1.29, 1.82) is 0 Å². The molecule has 9 nitrogen and oxygen atoms in total. The Morgan fingerprint density at radius 1 is 1.03 bits per heavy atom. The van der Waals surface area contributed by atoms with Crippen LogP contribution in [0.25, 0.3) is 17.0 Å². The fraction of sp³-hybridized carbons (Fsp3) is 0.360. The van der Waals surface area contributed by atoms with Crippen LogP contribution < -0.4 is 15.0 Å². The van der Waals surface area contributed by atoms with Crippen molar-refractivity contribution >= 4 is 22.9 Å². The fourth-order valence-electron chi connectivity index (χ4n) is 4.85. The van der Waals surface area contributed by atoms with E-state index in [1.807, 2.05) is 23.1 Å². The summed E-state index contributed by atoms with van der Waals surface area (Å²) in [6.45, 7) is 2.28. The summed E-state index contributed by atoms with van der Waals surface area (Å²) < 4.78 is 40.3. The number of anilines is 2. The van der Waals surface area contributed by atoms with Crippen LogP contribution in [0.5, 0.6) is 5.75 Å². The number of aryl methyl sites for hydroxylation is 1. The van der Waals surface area contributed by atoms with Gasteiger partial charge in [-0.1, -0.05) is 18.2 Å². The largest absolute Gasteiger partial charge is 0.497 e. The van der Waals surface area contributed by atoms with Crippen LogP contribution in [0.1, 0.15) is 35.8 Å². The van der Waals surface area contributed by atoms with E-state index in [0.29, 0.717) is 49.2 Å². The highest BCUT2D eigenvalue weighted by Gasteiger charge is 2.27. The van der Waals surface area contributed by atoms with Gasteiger partial charge in [-0.3, -0.25) is 4.57 Å². The van der Waals surface area contributed by atoms with Gasteiger partial charge in [0.2, 0.25) is 17.8 Å². The number of ether oxygens (including phenoxy) is 2. The van der Waals surface area contributed by atoms with Crippen LogP contribution in [0.3, 0.4) is 0 Å². The summed E-state index contributed by atoms with van der Waals surface area (Å²) in [5.74, 6) is 1.26. The minimum Gasteiger partial charge on any atom is -0.497 e. The zero-order chi connectivity index (χ0) is 24.6. The number of benzene rings is 2. The number of halogens is 2. The Kier molecular flexibility index (Phi) is 5.84. The first-order valence-corrected chi connectivity index (χ1v) is 11.9. The average Bonchev–Trinajstić information content (AvgIpc) is 3.50. The second kappa shape index (κ2) is 9.30. The average molecular weight is 494 g/mol. The van der Waals surface area contributed by atoms with Gasteiger partial charge in [0.05, 0.1) is 37.4 Å². The maximum absolute atomic E-state index is 14.1. The fourth-order valence-corrected chi connectivity index (χ4v) is 4.85. The SMILES string of the molecule is COc1ccc2c(c1)CCC2Nc1nc(N2CCOCC2)nc(-n2c(C(F)F)nc3ccccc32)n1. The molecule has 186 valence electrons. The van der Waals surface area contributed by atoms with Crippen molar-refractivity contribution in [2.75, 3.05) is 43.6 Å². The summed E-state index contributed by atoms with van der Waals surface area (Å²) in [7, 11) is 1.65. The molecule has 1 saturated heterocycles. The predicted octanol–water partition coefficient (Wildman–Crippen LogP) is 4.09. The number of imidazole rings is 1. The summed E-state index contributed by atoms with van der Waals surface area (Å²) in [6, 6.07) is 13.0. The standard InChI is InChI=1S/C25H25F2N7O2/c1-35-16-7-8-17-15(14-16)6-9-18(17)29-23-30-24(33-10-12-36-13-11-33)32-25(31-23)34-20-5-3-2-4-19(20)28-22(34)21(26)27/h2-5,7-8,14,18,21H,6,9-13H2,1H3,(H,29,30,31,32). The van der Waals surface area contributed by atoms with E-state index in [4.69, 9.17) is 9.47 Å². The summed E-state index contributed by atoms with van der Waals surface area (Å²) in [5, 5.41) is 3.43. The van der Waals surface area contributed by atoms with Gasteiger partial charge >= 0.3 is 0 Å². The van der Waals surface area contributed by atoms with Gasteiger partial charge in [0.15, 0.2) is 5.82 Å². The molecular formula is C25H25F2N7O2. The zero-order valence-corrected chi connectivity index (χ0v) is 19.7. The Balaban J connectivity index is 1.44. The van der Waals surface area contributed by atoms with Crippen molar-refractivity contribution < 1.29 is 18.3 Å². The molecule has 6 rings (SSSR count). The number of alkyl halides is 2. The number of nitrogens with one attached hydrogen (secondary N) is 1. The van der Waals surface area contributed by atoms with Crippen molar-refractivity contribution in [2.45, 2.75) is 25.3 Å². The van der Waals surface area contributed by atoms with E-state index < -0.39 is 12.2 Å². The third kappa shape index (κ3) is 4.09. The van der Waals surface area contributed by atoms with Crippen LogP contribution in [0.4, 0.5) is 20.7 Å². The van der Waals surface area contributed by atoms with E-state index in [1.54, 1.807) is 31.4 Å². The molecule has 11 heteroatoms. The number of methoxy groups -OCH3 is 1. The van der Waals surface area contributed by atoms with E-state index in [2.05, 4.69) is 25.3 Å². The maximum Gasteiger partial charge on any atom is 0.296 e. The van der Waals surface area contributed by atoms with E-state index in [-0.39, 0.29) is 12.0 Å². The van der Waals surface area contributed by atoms with Crippen LogP contribution in [0.2, 0.25) is 0 Å². The lowest BCUT2D eigenvalue weighted by Gasteiger charge is -2.27.